The van der Waals surface area contributed by atoms with E-state index in [2.05, 4.69) is 49.3 Å². The van der Waals surface area contributed by atoms with Gasteiger partial charge in [0.25, 0.3) is 0 Å². The predicted octanol–water partition coefficient (Wildman–Crippen LogP) is 2.16. The Morgan fingerprint density at radius 1 is 1.24 bits per heavy atom. The van der Waals surface area contributed by atoms with Gasteiger partial charge in [-0.15, -0.1) is 0 Å². The van der Waals surface area contributed by atoms with Crippen LogP contribution < -0.4 is 11.1 Å². The van der Waals surface area contributed by atoms with E-state index in [4.69, 9.17) is 5.73 Å². The van der Waals surface area contributed by atoms with E-state index in [9.17, 15) is 0 Å². The molecule has 3 N–H and O–H groups in total. The molecule has 0 fully saturated rings. The van der Waals surface area contributed by atoms with Gasteiger partial charge < -0.3 is 11.1 Å². The number of hydrogen-bond donors (Lipinski definition) is 2. The smallest absolute Gasteiger partial charge is 0.188 e. The van der Waals surface area contributed by atoms with Crippen molar-refractivity contribution in [3.8, 4) is 0 Å². The largest absolute Gasteiger partial charge is 0.370 e. The molecule has 0 bridgehead atoms. The van der Waals surface area contributed by atoms with Crippen molar-refractivity contribution in [2.24, 2.45) is 10.7 Å². The zero-order valence-electron chi connectivity index (χ0n) is 11.1. The molecule has 3 heteroatoms. The van der Waals surface area contributed by atoms with Gasteiger partial charge in [-0.1, -0.05) is 36.2 Å². The van der Waals surface area contributed by atoms with Crippen molar-refractivity contribution in [3.05, 3.63) is 34.9 Å². The number of nitrogens with zero attached hydrogens (tertiary/aromatic N) is 1. The summed E-state index contributed by atoms with van der Waals surface area (Å²) < 4.78 is 0. The topological polar surface area (TPSA) is 50.4 Å². The Hall–Kier alpha value is -1.51. The Bertz CT molecular complexity index is 363. The van der Waals surface area contributed by atoms with Crippen LogP contribution in [0.3, 0.4) is 0 Å². The average molecular weight is 233 g/mol. The highest BCUT2D eigenvalue weighted by Gasteiger charge is 1.97. The highest BCUT2D eigenvalue weighted by atomic mass is 15.1. The molecule has 0 aromatic heterocycles. The quantitative estimate of drug-likeness (QED) is 0.605. The van der Waals surface area contributed by atoms with Gasteiger partial charge in [0.2, 0.25) is 0 Å². The fourth-order valence-corrected chi connectivity index (χ4v) is 1.84. The van der Waals surface area contributed by atoms with Gasteiger partial charge in [-0.05, 0) is 32.3 Å². The lowest BCUT2D eigenvalue weighted by atomic mass is 10.1. The van der Waals surface area contributed by atoms with Crippen molar-refractivity contribution in [1.29, 1.82) is 0 Å². The zero-order chi connectivity index (χ0) is 12.7. The van der Waals surface area contributed by atoms with Crippen LogP contribution in [0.2, 0.25) is 0 Å². The summed E-state index contributed by atoms with van der Waals surface area (Å²) in [6, 6.07) is 6.62. The van der Waals surface area contributed by atoms with Crippen molar-refractivity contribution in [1.82, 2.24) is 5.32 Å². The average Bonchev–Trinajstić information content (AvgIpc) is 2.25. The summed E-state index contributed by atoms with van der Waals surface area (Å²) in [5, 5.41) is 3.13. The summed E-state index contributed by atoms with van der Waals surface area (Å²) in [5.74, 6) is 0.552. The number of aliphatic imine (C=N–C) groups is 1. The standard InChI is InChI=1S/C14H23N3/c1-4-6-16-14(15)17-7-5-13-9-11(2)8-12(3)10-13/h8-10H,4-7H2,1-3H3,(H3,15,16,17). The number of guanidine groups is 1. The number of aryl methyl sites for hydroxylation is 2. The zero-order valence-corrected chi connectivity index (χ0v) is 11.1. The van der Waals surface area contributed by atoms with Crippen molar-refractivity contribution < 1.29 is 0 Å². The molecule has 0 heterocycles. The Morgan fingerprint density at radius 3 is 2.47 bits per heavy atom. The normalized spacial score (nSPS) is 11.6. The Morgan fingerprint density at radius 2 is 1.88 bits per heavy atom. The first kappa shape index (κ1) is 13.6. The highest BCUT2D eigenvalue weighted by Crippen LogP contribution is 2.08. The number of benzene rings is 1. The van der Waals surface area contributed by atoms with E-state index < -0.39 is 0 Å². The van der Waals surface area contributed by atoms with E-state index in [0.717, 1.165) is 25.9 Å². The van der Waals surface area contributed by atoms with Crippen LogP contribution in [0.4, 0.5) is 0 Å². The maximum atomic E-state index is 5.72. The molecule has 1 aromatic carbocycles. The van der Waals surface area contributed by atoms with Gasteiger partial charge in [-0.25, -0.2) is 0 Å². The third-order valence-electron chi connectivity index (χ3n) is 2.51. The van der Waals surface area contributed by atoms with Crippen molar-refractivity contribution in [3.63, 3.8) is 0 Å². The molecular weight excluding hydrogens is 210 g/mol. The molecule has 1 rings (SSSR count). The fourth-order valence-electron chi connectivity index (χ4n) is 1.84. The second-order valence-corrected chi connectivity index (χ2v) is 4.44. The molecule has 0 saturated carbocycles. The summed E-state index contributed by atoms with van der Waals surface area (Å²) in [5.41, 5.74) is 9.69. The van der Waals surface area contributed by atoms with Gasteiger partial charge in [0.1, 0.15) is 0 Å². The first-order chi connectivity index (χ1) is 8.11. The first-order valence-corrected chi connectivity index (χ1v) is 6.22. The van der Waals surface area contributed by atoms with Gasteiger partial charge in [-0.2, -0.15) is 0 Å². The third-order valence-corrected chi connectivity index (χ3v) is 2.51. The van der Waals surface area contributed by atoms with Crippen LogP contribution in [0, 0.1) is 13.8 Å². The molecule has 0 radical (unpaired) electrons. The Balaban J connectivity index is 2.40. The number of nitrogens with two attached hydrogens (primary N) is 1. The Kier molecular flexibility index (Phi) is 5.53. The molecule has 0 atom stereocenters. The molecule has 0 amide bonds. The minimum atomic E-state index is 0.552. The van der Waals surface area contributed by atoms with Crippen molar-refractivity contribution >= 4 is 5.96 Å². The van der Waals surface area contributed by atoms with Crippen LogP contribution in [0.25, 0.3) is 0 Å². The molecule has 0 unspecified atom stereocenters. The van der Waals surface area contributed by atoms with Crippen molar-refractivity contribution in [2.45, 2.75) is 33.6 Å². The van der Waals surface area contributed by atoms with E-state index in [0.29, 0.717) is 5.96 Å². The lowest BCUT2D eigenvalue weighted by Crippen LogP contribution is -2.33. The number of nitrogens with one attached hydrogen (secondary N) is 1. The SMILES string of the molecule is CCCN=C(N)NCCc1cc(C)cc(C)c1. The van der Waals surface area contributed by atoms with Gasteiger partial charge in [-0.3, -0.25) is 4.99 Å². The van der Waals surface area contributed by atoms with Crippen molar-refractivity contribution in [2.75, 3.05) is 13.1 Å². The van der Waals surface area contributed by atoms with Gasteiger partial charge >= 0.3 is 0 Å². The minimum absolute atomic E-state index is 0.552. The fraction of sp³-hybridized carbons (Fsp3) is 0.500. The van der Waals surface area contributed by atoms with Crippen LogP contribution in [0.1, 0.15) is 30.0 Å². The summed E-state index contributed by atoms with van der Waals surface area (Å²) in [7, 11) is 0. The molecule has 17 heavy (non-hydrogen) atoms. The van der Waals surface area contributed by atoms with E-state index in [1.807, 2.05) is 0 Å². The second kappa shape index (κ2) is 6.94. The Labute approximate surface area is 104 Å². The molecule has 94 valence electrons. The molecule has 0 aliphatic rings. The molecule has 0 aliphatic carbocycles. The predicted molar refractivity (Wildman–Crippen MR) is 74.4 cm³/mol. The number of hydrogen-bond acceptors (Lipinski definition) is 1. The van der Waals surface area contributed by atoms with Crippen LogP contribution in [0.15, 0.2) is 23.2 Å². The number of rotatable bonds is 5. The minimum Gasteiger partial charge on any atom is -0.370 e. The second-order valence-electron chi connectivity index (χ2n) is 4.44. The summed E-state index contributed by atoms with van der Waals surface area (Å²) in [4.78, 5) is 4.19. The molecule has 0 saturated heterocycles. The van der Waals surface area contributed by atoms with E-state index in [1.54, 1.807) is 0 Å². The maximum Gasteiger partial charge on any atom is 0.188 e. The molecule has 1 aromatic rings. The molecule has 3 nitrogen and oxygen atoms in total. The summed E-state index contributed by atoms with van der Waals surface area (Å²) in [6.45, 7) is 7.97. The van der Waals surface area contributed by atoms with Crippen LogP contribution in [-0.2, 0) is 6.42 Å². The van der Waals surface area contributed by atoms with Gasteiger partial charge in [0.15, 0.2) is 5.96 Å². The monoisotopic (exact) mass is 233 g/mol. The van der Waals surface area contributed by atoms with Crippen LogP contribution in [-0.4, -0.2) is 19.0 Å². The molecular formula is C14H23N3. The lowest BCUT2D eigenvalue weighted by molar-refractivity contribution is 0.838. The highest BCUT2D eigenvalue weighted by molar-refractivity contribution is 5.77. The third kappa shape index (κ3) is 5.38. The van der Waals surface area contributed by atoms with E-state index >= 15 is 0 Å². The van der Waals surface area contributed by atoms with E-state index in [1.165, 1.54) is 16.7 Å². The lowest BCUT2D eigenvalue weighted by Gasteiger charge is -2.07. The van der Waals surface area contributed by atoms with Gasteiger partial charge in [0.05, 0.1) is 0 Å². The maximum absolute atomic E-state index is 5.72. The molecule has 0 aliphatic heterocycles. The van der Waals surface area contributed by atoms with E-state index in [-0.39, 0.29) is 0 Å². The van der Waals surface area contributed by atoms with Gasteiger partial charge in [0, 0.05) is 13.1 Å². The summed E-state index contributed by atoms with van der Waals surface area (Å²) >= 11 is 0. The van der Waals surface area contributed by atoms with Crippen LogP contribution >= 0.6 is 0 Å². The first-order valence-electron chi connectivity index (χ1n) is 6.22. The van der Waals surface area contributed by atoms with Crippen LogP contribution in [0.5, 0.6) is 0 Å². The summed E-state index contributed by atoms with van der Waals surface area (Å²) in [6.07, 6.45) is 2.00. The molecule has 0 spiro atoms.